The van der Waals surface area contributed by atoms with E-state index in [4.69, 9.17) is 0 Å². The summed E-state index contributed by atoms with van der Waals surface area (Å²) in [4.78, 5) is 0. The highest BCUT2D eigenvalue weighted by Gasteiger charge is 2.17. The second kappa shape index (κ2) is 4.82. The first kappa shape index (κ1) is 13.0. The van der Waals surface area contributed by atoms with Gasteiger partial charge in [-0.15, -0.1) is 5.10 Å². The first-order chi connectivity index (χ1) is 10.1. The number of phenols is 2. The highest BCUT2D eigenvalue weighted by molar-refractivity contribution is 5.67. The predicted molar refractivity (Wildman–Crippen MR) is 76.5 cm³/mol. The van der Waals surface area contributed by atoms with E-state index in [-0.39, 0.29) is 23.3 Å². The number of hydrogen-bond acceptors (Lipinski definition) is 5. The minimum absolute atomic E-state index is 0.0536. The Labute approximate surface area is 120 Å². The molecule has 0 fully saturated rings. The fraction of sp³-hybridized carbons (Fsp3) is 0.0667. The molecule has 6 heteroatoms. The molecule has 0 saturated carbocycles. The predicted octanol–water partition coefficient (Wildman–Crippen LogP) is 2.36. The van der Waals surface area contributed by atoms with Crippen LogP contribution in [0, 0.1) is 6.92 Å². The average Bonchev–Trinajstić information content (AvgIpc) is 2.80. The number of hydrogen-bond donors (Lipinski definition) is 3. The topological polar surface area (TPSA) is 91.4 Å². The molecule has 0 amide bonds. The molecular formula is C15H13N3O3. The van der Waals surface area contributed by atoms with Crippen LogP contribution in [0.3, 0.4) is 0 Å². The maximum absolute atomic E-state index is 9.96. The molecule has 0 aliphatic heterocycles. The largest absolute Gasteiger partial charge is 0.508 e. The minimum atomic E-state index is -0.275. The lowest BCUT2D eigenvalue weighted by Crippen LogP contribution is -1.97. The van der Waals surface area contributed by atoms with Crippen LogP contribution in [0.2, 0.25) is 0 Å². The Morgan fingerprint density at radius 3 is 2.48 bits per heavy atom. The molecule has 0 aliphatic rings. The van der Waals surface area contributed by atoms with E-state index in [9.17, 15) is 15.3 Å². The van der Waals surface area contributed by atoms with Crippen LogP contribution in [-0.4, -0.2) is 30.1 Å². The molecule has 2 aromatic carbocycles. The van der Waals surface area contributed by atoms with Gasteiger partial charge in [-0.2, -0.15) is 0 Å². The number of aromatic hydroxyl groups is 3. The molecule has 106 valence electrons. The van der Waals surface area contributed by atoms with Gasteiger partial charge in [0.1, 0.15) is 11.5 Å². The molecule has 0 unspecified atom stereocenters. The van der Waals surface area contributed by atoms with Crippen LogP contribution in [-0.2, 0) is 0 Å². The van der Waals surface area contributed by atoms with Gasteiger partial charge in [0.05, 0.1) is 11.3 Å². The molecule has 6 nitrogen and oxygen atoms in total. The third-order valence-electron chi connectivity index (χ3n) is 3.13. The highest BCUT2D eigenvalue weighted by Crippen LogP contribution is 2.33. The van der Waals surface area contributed by atoms with Crippen LogP contribution >= 0.6 is 0 Å². The van der Waals surface area contributed by atoms with E-state index in [1.807, 2.05) is 25.1 Å². The molecule has 0 atom stereocenters. The fourth-order valence-electron chi connectivity index (χ4n) is 2.16. The summed E-state index contributed by atoms with van der Waals surface area (Å²) >= 11 is 0. The Hall–Kier alpha value is -3.02. The molecule has 1 heterocycles. The van der Waals surface area contributed by atoms with Gasteiger partial charge >= 0.3 is 6.01 Å². The van der Waals surface area contributed by atoms with Crippen molar-refractivity contribution in [2.45, 2.75) is 6.92 Å². The number of aromatic nitrogens is 3. The molecule has 3 rings (SSSR count). The molecule has 3 N–H and O–H groups in total. The molecule has 3 aromatic rings. The Balaban J connectivity index is 2.22. The maximum Gasteiger partial charge on any atom is 0.319 e. The molecule has 21 heavy (non-hydrogen) atoms. The number of aryl methyl sites for hydroxylation is 1. The Kier molecular flexibility index (Phi) is 2.98. The van der Waals surface area contributed by atoms with Gasteiger partial charge in [0.15, 0.2) is 5.82 Å². The van der Waals surface area contributed by atoms with Gasteiger partial charge in [-0.1, -0.05) is 17.2 Å². The summed E-state index contributed by atoms with van der Waals surface area (Å²) in [6.45, 7) is 1.93. The van der Waals surface area contributed by atoms with Crippen molar-refractivity contribution in [3.8, 4) is 34.6 Å². The normalized spacial score (nSPS) is 10.7. The van der Waals surface area contributed by atoms with E-state index < -0.39 is 0 Å². The van der Waals surface area contributed by atoms with Gasteiger partial charge < -0.3 is 15.3 Å². The van der Waals surface area contributed by atoms with E-state index in [1.165, 1.54) is 22.8 Å². The van der Waals surface area contributed by atoms with Gasteiger partial charge in [0.2, 0.25) is 0 Å². The SMILES string of the molecule is Cc1cccc(-n2c(O)nnc2-c2ccc(O)cc2O)c1. The standard InChI is InChI=1S/C15H13N3O3/c1-9-3-2-4-10(7-9)18-14(16-17-15(18)21)12-6-5-11(19)8-13(12)20/h2-8,19-20H,1H3,(H,17,21). The van der Waals surface area contributed by atoms with Gasteiger partial charge in [0, 0.05) is 6.07 Å². The lowest BCUT2D eigenvalue weighted by atomic mass is 10.1. The van der Waals surface area contributed by atoms with Crippen LogP contribution in [0.15, 0.2) is 42.5 Å². The van der Waals surface area contributed by atoms with Crippen molar-refractivity contribution in [1.82, 2.24) is 14.8 Å². The van der Waals surface area contributed by atoms with E-state index >= 15 is 0 Å². The summed E-state index contributed by atoms with van der Waals surface area (Å²) in [6, 6.07) is 11.3. The maximum atomic E-state index is 9.96. The molecular weight excluding hydrogens is 270 g/mol. The number of nitrogens with zero attached hydrogens (tertiary/aromatic N) is 3. The number of rotatable bonds is 2. The molecule has 1 aromatic heterocycles. The van der Waals surface area contributed by atoms with Gasteiger partial charge in [-0.3, -0.25) is 0 Å². The quantitative estimate of drug-likeness (QED) is 0.671. The van der Waals surface area contributed by atoms with Gasteiger partial charge in [-0.05, 0) is 36.8 Å². The van der Waals surface area contributed by atoms with E-state index in [2.05, 4.69) is 10.2 Å². The second-order valence-electron chi connectivity index (χ2n) is 4.70. The molecule has 0 saturated heterocycles. The van der Waals surface area contributed by atoms with E-state index in [0.717, 1.165) is 5.56 Å². The van der Waals surface area contributed by atoms with Crippen molar-refractivity contribution in [3.05, 3.63) is 48.0 Å². The van der Waals surface area contributed by atoms with Crippen molar-refractivity contribution >= 4 is 0 Å². The average molecular weight is 283 g/mol. The summed E-state index contributed by atoms with van der Waals surface area (Å²) in [6.07, 6.45) is 0. The Morgan fingerprint density at radius 1 is 0.952 bits per heavy atom. The van der Waals surface area contributed by atoms with Crippen molar-refractivity contribution in [2.75, 3.05) is 0 Å². The third-order valence-corrected chi connectivity index (χ3v) is 3.13. The number of phenolic OH excluding ortho intramolecular Hbond substituents is 2. The van der Waals surface area contributed by atoms with Gasteiger partial charge in [0.25, 0.3) is 0 Å². The van der Waals surface area contributed by atoms with Crippen LogP contribution in [0.25, 0.3) is 17.1 Å². The summed E-state index contributed by atoms with van der Waals surface area (Å²) in [5.74, 6) is 0.0917. The Bertz CT molecular complexity index is 812. The highest BCUT2D eigenvalue weighted by atomic mass is 16.3. The lowest BCUT2D eigenvalue weighted by Gasteiger charge is -2.09. The summed E-state index contributed by atoms with van der Waals surface area (Å²) in [7, 11) is 0. The first-order valence-corrected chi connectivity index (χ1v) is 6.30. The molecule has 0 bridgehead atoms. The van der Waals surface area contributed by atoms with Crippen LogP contribution in [0.1, 0.15) is 5.56 Å². The van der Waals surface area contributed by atoms with Crippen molar-refractivity contribution in [2.24, 2.45) is 0 Å². The monoisotopic (exact) mass is 283 g/mol. The molecule has 0 spiro atoms. The summed E-state index contributed by atoms with van der Waals surface area (Å²) < 4.78 is 1.43. The van der Waals surface area contributed by atoms with Crippen molar-refractivity contribution in [1.29, 1.82) is 0 Å². The van der Waals surface area contributed by atoms with Crippen molar-refractivity contribution in [3.63, 3.8) is 0 Å². The third kappa shape index (κ3) is 2.27. The van der Waals surface area contributed by atoms with Gasteiger partial charge in [-0.25, -0.2) is 4.57 Å². The lowest BCUT2D eigenvalue weighted by molar-refractivity contribution is 0.420. The number of benzene rings is 2. The van der Waals surface area contributed by atoms with Crippen LogP contribution < -0.4 is 0 Å². The minimum Gasteiger partial charge on any atom is -0.508 e. The Morgan fingerprint density at radius 2 is 1.76 bits per heavy atom. The zero-order valence-electron chi connectivity index (χ0n) is 11.2. The van der Waals surface area contributed by atoms with E-state index in [0.29, 0.717) is 11.3 Å². The van der Waals surface area contributed by atoms with E-state index in [1.54, 1.807) is 6.07 Å². The summed E-state index contributed by atoms with van der Waals surface area (Å²) in [5, 5.41) is 36.8. The molecule has 0 aliphatic carbocycles. The van der Waals surface area contributed by atoms with Crippen LogP contribution in [0.4, 0.5) is 0 Å². The van der Waals surface area contributed by atoms with Crippen molar-refractivity contribution < 1.29 is 15.3 Å². The second-order valence-corrected chi connectivity index (χ2v) is 4.70. The van der Waals surface area contributed by atoms with Crippen LogP contribution in [0.5, 0.6) is 17.5 Å². The smallest absolute Gasteiger partial charge is 0.319 e. The molecule has 0 radical (unpaired) electrons. The summed E-state index contributed by atoms with van der Waals surface area (Å²) in [5.41, 5.74) is 2.06. The first-order valence-electron chi connectivity index (χ1n) is 6.30. The zero-order valence-corrected chi connectivity index (χ0v) is 11.2. The zero-order chi connectivity index (χ0) is 15.0. The fourth-order valence-corrected chi connectivity index (χ4v) is 2.16.